The molecule has 0 aliphatic carbocycles. The van der Waals surface area contributed by atoms with Gasteiger partial charge in [-0.1, -0.05) is 0 Å². The zero-order chi connectivity index (χ0) is 18.8. The summed E-state index contributed by atoms with van der Waals surface area (Å²) < 4.78 is 5.46. The SMILES string of the molecule is c1csc(CC2CCCN(c3nnnc4cc(N5CCOCC5)ccc34)C2)n1. The molecule has 1 unspecified atom stereocenters. The second-order valence-electron chi connectivity index (χ2n) is 7.50. The van der Waals surface area contributed by atoms with E-state index in [1.54, 1.807) is 11.3 Å². The van der Waals surface area contributed by atoms with Gasteiger partial charge in [0.05, 0.1) is 18.2 Å². The molecule has 2 aliphatic heterocycles. The Morgan fingerprint density at radius 2 is 2.04 bits per heavy atom. The van der Waals surface area contributed by atoms with Crippen molar-refractivity contribution in [2.45, 2.75) is 19.3 Å². The fraction of sp³-hybridized carbons (Fsp3) is 0.500. The highest BCUT2D eigenvalue weighted by Gasteiger charge is 2.24. The van der Waals surface area contributed by atoms with Crippen LogP contribution in [0.2, 0.25) is 0 Å². The maximum Gasteiger partial charge on any atom is 0.162 e. The number of nitrogens with zero attached hydrogens (tertiary/aromatic N) is 6. The highest BCUT2D eigenvalue weighted by atomic mass is 32.1. The first kappa shape index (κ1) is 17.8. The normalized spacial score (nSPS) is 20.6. The van der Waals surface area contributed by atoms with E-state index in [-0.39, 0.29) is 0 Å². The van der Waals surface area contributed by atoms with Crippen molar-refractivity contribution in [1.82, 2.24) is 20.4 Å². The van der Waals surface area contributed by atoms with Crippen LogP contribution in [0.3, 0.4) is 0 Å². The van der Waals surface area contributed by atoms with Gasteiger partial charge in [-0.3, -0.25) is 0 Å². The molecule has 2 saturated heterocycles. The minimum atomic E-state index is 0.609. The second kappa shape index (κ2) is 7.97. The Balaban J connectivity index is 1.38. The lowest BCUT2D eigenvalue weighted by atomic mass is 9.95. The Kier molecular flexibility index (Phi) is 5.05. The van der Waals surface area contributed by atoms with Crippen LogP contribution in [0.25, 0.3) is 10.9 Å². The number of rotatable bonds is 4. The summed E-state index contributed by atoms with van der Waals surface area (Å²) in [6, 6.07) is 6.47. The molecule has 2 aromatic heterocycles. The fourth-order valence-electron chi connectivity index (χ4n) is 4.24. The quantitative estimate of drug-likeness (QED) is 0.672. The summed E-state index contributed by atoms with van der Waals surface area (Å²) in [6.45, 7) is 5.41. The Bertz CT molecular complexity index is 928. The fourth-order valence-corrected chi connectivity index (χ4v) is 4.97. The standard InChI is InChI=1S/C20H24N6OS/c1-2-15(12-19-21-5-11-28-19)14-26(6-1)20-17-4-3-16(13-18(17)22-24-23-20)25-7-9-27-10-8-25/h3-5,11,13,15H,1-2,6-10,12,14H2. The van der Waals surface area contributed by atoms with Crippen molar-refractivity contribution in [2.24, 2.45) is 5.92 Å². The number of benzene rings is 1. The predicted octanol–water partition coefficient (Wildman–Crippen LogP) is 2.78. The minimum Gasteiger partial charge on any atom is -0.378 e. The van der Waals surface area contributed by atoms with E-state index < -0.39 is 0 Å². The van der Waals surface area contributed by atoms with Gasteiger partial charge in [-0.15, -0.1) is 21.5 Å². The van der Waals surface area contributed by atoms with E-state index in [1.165, 1.54) is 23.5 Å². The van der Waals surface area contributed by atoms with Crippen molar-refractivity contribution in [3.63, 3.8) is 0 Å². The van der Waals surface area contributed by atoms with Gasteiger partial charge in [0.2, 0.25) is 0 Å². The van der Waals surface area contributed by atoms with Gasteiger partial charge in [0.15, 0.2) is 5.82 Å². The summed E-state index contributed by atoms with van der Waals surface area (Å²) in [4.78, 5) is 9.19. The molecule has 2 aliphatic rings. The molecule has 0 saturated carbocycles. The zero-order valence-corrected chi connectivity index (χ0v) is 16.6. The first-order chi connectivity index (χ1) is 13.9. The van der Waals surface area contributed by atoms with Gasteiger partial charge in [-0.25, -0.2) is 4.98 Å². The molecule has 1 aromatic carbocycles. The molecule has 146 valence electrons. The van der Waals surface area contributed by atoms with E-state index in [9.17, 15) is 0 Å². The third kappa shape index (κ3) is 3.66. The molecular formula is C20H24N6OS. The molecule has 3 aromatic rings. The van der Waals surface area contributed by atoms with E-state index in [4.69, 9.17) is 4.74 Å². The molecule has 28 heavy (non-hydrogen) atoms. The van der Waals surface area contributed by atoms with Gasteiger partial charge >= 0.3 is 0 Å². The number of thiazole rings is 1. The molecule has 4 heterocycles. The number of anilines is 2. The Labute approximate surface area is 168 Å². The Morgan fingerprint density at radius 3 is 2.89 bits per heavy atom. The average molecular weight is 397 g/mol. The smallest absolute Gasteiger partial charge is 0.162 e. The molecule has 0 spiro atoms. The van der Waals surface area contributed by atoms with Crippen LogP contribution < -0.4 is 9.80 Å². The van der Waals surface area contributed by atoms with Crippen molar-refractivity contribution < 1.29 is 4.74 Å². The van der Waals surface area contributed by atoms with Crippen LogP contribution in [-0.4, -0.2) is 59.8 Å². The van der Waals surface area contributed by atoms with Crippen LogP contribution in [-0.2, 0) is 11.2 Å². The highest BCUT2D eigenvalue weighted by molar-refractivity contribution is 7.09. The lowest BCUT2D eigenvalue weighted by Gasteiger charge is -2.33. The first-order valence-corrected chi connectivity index (χ1v) is 10.8. The van der Waals surface area contributed by atoms with Gasteiger partial charge < -0.3 is 14.5 Å². The number of morpholine rings is 1. The van der Waals surface area contributed by atoms with E-state index in [2.05, 4.69) is 53.8 Å². The predicted molar refractivity (Wildman–Crippen MR) is 111 cm³/mol. The van der Waals surface area contributed by atoms with Crippen molar-refractivity contribution in [1.29, 1.82) is 0 Å². The summed E-state index contributed by atoms with van der Waals surface area (Å²) in [5.74, 6) is 1.57. The molecule has 5 rings (SSSR count). The number of hydrogen-bond donors (Lipinski definition) is 0. The maximum absolute atomic E-state index is 5.46. The topological polar surface area (TPSA) is 67.3 Å². The summed E-state index contributed by atoms with van der Waals surface area (Å²) in [5, 5.41) is 17.2. The average Bonchev–Trinajstić information content (AvgIpc) is 3.27. The van der Waals surface area contributed by atoms with Crippen molar-refractivity contribution in [2.75, 3.05) is 49.2 Å². The van der Waals surface area contributed by atoms with Crippen molar-refractivity contribution in [3.05, 3.63) is 34.8 Å². The van der Waals surface area contributed by atoms with Crippen LogP contribution in [0.4, 0.5) is 11.5 Å². The third-order valence-corrected chi connectivity index (χ3v) is 6.46. The maximum atomic E-state index is 5.46. The van der Waals surface area contributed by atoms with Gasteiger partial charge in [-0.2, -0.15) is 0 Å². The molecule has 8 heteroatoms. The molecular weight excluding hydrogens is 372 g/mol. The number of ether oxygens (including phenoxy) is 1. The van der Waals surface area contributed by atoms with Crippen molar-refractivity contribution >= 4 is 33.7 Å². The van der Waals surface area contributed by atoms with Crippen LogP contribution in [0.5, 0.6) is 0 Å². The number of aromatic nitrogens is 4. The Morgan fingerprint density at radius 1 is 1.11 bits per heavy atom. The van der Waals surface area contributed by atoms with Crippen molar-refractivity contribution in [3.8, 4) is 0 Å². The lowest BCUT2D eigenvalue weighted by molar-refractivity contribution is 0.122. The van der Waals surface area contributed by atoms with Gasteiger partial charge in [0.25, 0.3) is 0 Å². The summed E-state index contributed by atoms with van der Waals surface area (Å²) >= 11 is 1.75. The minimum absolute atomic E-state index is 0.609. The molecule has 0 amide bonds. The van der Waals surface area contributed by atoms with Crippen LogP contribution in [0.15, 0.2) is 29.8 Å². The molecule has 0 N–H and O–H groups in total. The largest absolute Gasteiger partial charge is 0.378 e. The van der Waals surface area contributed by atoms with E-state index in [0.29, 0.717) is 5.92 Å². The number of fused-ring (bicyclic) bond motifs is 1. The van der Waals surface area contributed by atoms with E-state index in [1.807, 2.05) is 6.20 Å². The second-order valence-corrected chi connectivity index (χ2v) is 8.48. The molecule has 7 nitrogen and oxygen atoms in total. The first-order valence-electron chi connectivity index (χ1n) is 9.96. The van der Waals surface area contributed by atoms with Gasteiger partial charge in [0, 0.05) is 55.3 Å². The lowest BCUT2D eigenvalue weighted by Crippen LogP contribution is -2.37. The third-order valence-electron chi connectivity index (χ3n) is 5.66. The summed E-state index contributed by atoms with van der Waals surface area (Å²) in [7, 11) is 0. The molecule has 0 radical (unpaired) electrons. The highest BCUT2D eigenvalue weighted by Crippen LogP contribution is 2.30. The summed E-state index contributed by atoms with van der Waals surface area (Å²) in [6.07, 6.45) is 5.36. The van der Waals surface area contributed by atoms with Gasteiger partial charge in [0.1, 0.15) is 5.52 Å². The zero-order valence-electron chi connectivity index (χ0n) is 15.8. The molecule has 0 bridgehead atoms. The molecule has 2 fully saturated rings. The Hall–Kier alpha value is -2.32. The van der Waals surface area contributed by atoms with Crippen LogP contribution in [0, 0.1) is 5.92 Å². The number of piperidine rings is 1. The molecule has 1 atom stereocenters. The van der Waals surface area contributed by atoms with Gasteiger partial charge in [-0.05, 0) is 42.2 Å². The number of hydrogen-bond acceptors (Lipinski definition) is 8. The monoisotopic (exact) mass is 396 g/mol. The van der Waals surface area contributed by atoms with E-state index in [0.717, 1.165) is 62.5 Å². The van der Waals surface area contributed by atoms with Crippen LogP contribution in [0.1, 0.15) is 17.8 Å². The summed E-state index contributed by atoms with van der Waals surface area (Å²) in [5.41, 5.74) is 2.10. The van der Waals surface area contributed by atoms with Crippen LogP contribution >= 0.6 is 11.3 Å². The van der Waals surface area contributed by atoms with E-state index >= 15 is 0 Å².